The summed E-state index contributed by atoms with van der Waals surface area (Å²) in [6.07, 6.45) is 1.52. The van der Waals surface area contributed by atoms with E-state index in [1.165, 1.54) is 33.8 Å². The maximum atomic E-state index is 13.1. The van der Waals surface area contributed by atoms with Gasteiger partial charge in [-0.05, 0) is 45.8 Å². The van der Waals surface area contributed by atoms with Crippen LogP contribution >= 0.6 is 0 Å². The Kier molecular flexibility index (Phi) is 6.95. The molecular formula is C31H17F2IrN3-2. The van der Waals surface area contributed by atoms with Crippen molar-refractivity contribution in [3.05, 3.63) is 127 Å². The molecule has 0 amide bonds. The van der Waals surface area contributed by atoms with E-state index in [1.54, 1.807) is 18.2 Å². The number of pyridine rings is 3. The summed E-state index contributed by atoms with van der Waals surface area (Å²) in [6, 6.07) is 36.9. The molecule has 0 saturated carbocycles. The van der Waals surface area contributed by atoms with Crippen LogP contribution in [0.2, 0.25) is 0 Å². The molecule has 7 rings (SSSR count). The van der Waals surface area contributed by atoms with E-state index in [0.717, 1.165) is 22.8 Å². The van der Waals surface area contributed by atoms with Gasteiger partial charge in [0.05, 0.1) is 5.52 Å². The summed E-state index contributed by atoms with van der Waals surface area (Å²) in [5.74, 6) is -1.79. The Morgan fingerprint density at radius 2 is 1.41 bits per heavy atom. The number of halogens is 2. The first-order chi connectivity index (χ1) is 17.7. The van der Waals surface area contributed by atoms with E-state index in [9.17, 15) is 8.78 Å². The van der Waals surface area contributed by atoms with E-state index in [2.05, 4.69) is 76.7 Å². The summed E-state index contributed by atoms with van der Waals surface area (Å²) < 4.78 is 25.6. The van der Waals surface area contributed by atoms with Crippen molar-refractivity contribution in [2.24, 2.45) is 0 Å². The average molecular weight is 662 g/mol. The molecule has 0 saturated heterocycles. The minimum absolute atomic E-state index is 0. The zero-order valence-corrected chi connectivity index (χ0v) is 21.6. The average Bonchev–Trinajstić information content (AvgIpc) is 3.25. The second-order valence-electron chi connectivity index (χ2n) is 8.18. The van der Waals surface area contributed by atoms with Crippen molar-refractivity contribution in [3.8, 4) is 44.8 Å². The minimum Gasteiger partial charge on any atom is -0.305 e. The van der Waals surface area contributed by atoms with Gasteiger partial charge in [-0.2, -0.15) is 0 Å². The van der Waals surface area contributed by atoms with Crippen LogP contribution in [-0.2, 0) is 20.1 Å². The molecule has 181 valence electrons. The molecule has 1 aliphatic carbocycles. The van der Waals surface area contributed by atoms with Gasteiger partial charge in [-0.15, -0.1) is 42.0 Å². The Labute approximate surface area is 226 Å². The van der Waals surface area contributed by atoms with Crippen LogP contribution in [0, 0.1) is 24.0 Å². The van der Waals surface area contributed by atoms with Crippen molar-refractivity contribution in [1.82, 2.24) is 15.0 Å². The maximum Gasteiger partial charge on any atom is 0.128 e. The summed E-state index contributed by atoms with van der Waals surface area (Å²) in [5.41, 5.74) is 8.71. The number of nitrogens with zero attached hydrogens (tertiary/aromatic N) is 3. The SMILES string of the molecule is Fc1c[c-]c(-c2ccccn2)c(F)n1.[Ir].[c-]1ccccc1-c1cc2c3c(cccc3n1)-c1ccccc1-2. The van der Waals surface area contributed by atoms with Crippen LogP contribution in [0.25, 0.3) is 55.7 Å². The van der Waals surface area contributed by atoms with Crippen molar-refractivity contribution in [2.45, 2.75) is 0 Å². The van der Waals surface area contributed by atoms with Crippen LogP contribution in [0.15, 0.2) is 103 Å². The smallest absolute Gasteiger partial charge is 0.128 e. The largest absolute Gasteiger partial charge is 0.305 e. The molecule has 3 heterocycles. The zero-order valence-electron chi connectivity index (χ0n) is 19.2. The topological polar surface area (TPSA) is 38.7 Å². The van der Waals surface area contributed by atoms with Gasteiger partial charge in [-0.1, -0.05) is 66.2 Å². The summed E-state index contributed by atoms with van der Waals surface area (Å²) in [4.78, 5) is 11.8. The molecular weight excluding hydrogens is 645 g/mol. The molecule has 3 nitrogen and oxygen atoms in total. The normalized spacial score (nSPS) is 10.8. The van der Waals surface area contributed by atoms with Crippen molar-refractivity contribution in [1.29, 1.82) is 0 Å². The molecule has 0 fully saturated rings. The molecule has 0 bridgehead atoms. The van der Waals surface area contributed by atoms with Crippen LogP contribution < -0.4 is 0 Å². The molecule has 37 heavy (non-hydrogen) atoms. The van der Waals surface area contributed by atoms with Crippen LogP contribution in [0.4, 0.5) is 8.78 Å². The second kappa shape index (κ2) is 10.5. The number of hydrogen-bond acceptors (Lipinski definition) is 3. The van der Waals surface area contributed by atoms with E-state index < -0.39 is 11.9 Å². The molecule has 0 spiro atoms. The fourth-order valence-corrected chi connectivity index (χ4v) is 4.43. The predicted molar refractivity (Wildman–Crippen MR) is 137 cm³/mol. The molecule has 0 unspecified atom stereocenters. The third kappa shape index (κ3) is 4.69. The fourth-order valence-electron chi connectivity index (χ4n) is 4.43. The maximum absolute atomic E-state index is 13.1. The standard InChI is InChI=1S/C21H12N.C10H5F2N2.Ir/c1-2-7-14(8-3-1)20-13-18-16-10-5-4-9-15(16)17-11-6-12-19(22-20)21(17)18;11-9-5-4-7(10(12)14-9)8-3-1-2-6-13-8;/h1-7,9-13H;1-3,5-6H;/q2*-1;. The van der Waals surface area contributed by atoms with Crippen molar-refractivity contribution in [3.63, 3.8) is 0 Å². The van der Waals surface area contributed by atoms with Crippen molar-refractivity contribution < 1.29 is 28.9 Å². The molecule has 0 aliphatic heterocycles. The van der Waals surface area contributed by atoms with Crippen LogP contribution in [0.1, 0.15) is 0 Å². The van der Waals surface area contributed by atoms with Crippen molar-refractivity contribution in [2.75, 3.05) is 0 Å². The summed E-state index contributed by atoms with van der Waals surface area (Å²) in [5, 5.41) is 1.27. The van der Waals surface area contributed by atoms with E-state index >= 15 is 0 Å². The van der Waals surface area contributed by atoms with Crippen molar-refractivity contribution >= 4 is 10.9 Å². The Hall–Kier alpha value is -4.12. The van der Waals surface area contributed by atoms with E-state index in [-0.39, 0.29) is 25.7 Å². The van der Waals surface area contributed by atoms with E-state index in [4.69, 9.17) is 4.98 Å². The summed E-state index contributed by atoms with van der Waals surface area (Å²) in [6.45, 7) is 0. The fraction of sp³-hybridized carbons (Fsp3) is 0. The van der Waals surface area contributed by atoms with Gasteiger partial charge < -0.3 is 4.98 Å². The predicted octanol–water partition coefficient (Wildman–Crippen LogP) is 7.57. The molecule has 6 aromatic rings. The van der Waals surface area contributed by atoms with Gasteiger partial charge in [-0.3, -0.25) is 9.97 Å². The van der Waals surface area contributed by atoms with Gasteiger partial charge in [0, 0.05) is 31.7 Å². The third-order valence-corrected chi connectivity index (χ3v) is 5.99. The first kappa shape index (κ1) is 24.6. The van der Waals surface area contributed by atoms with E-state index in [0.29, 0.717) is 5.69 Å². The van der Waals surface area contributed by atoms with Gasteiger partial charge in [0.1, 0.15) is 11.9 Å². The number of rotatable bonds is 2. The zero-order chi connectivity index (χ0) is 24.5. The first-order valence-corrected chi connectivity index (χ1v) is 11.3. The summed E-state index contributed by atoms with van der Waals surface area (Å²) >= 11 is 0. The number of aromatic nitrogens is 3. The second-order valence-corrected chi connectivity index (χ2v) is 8.18. The van der Waals surface area contributed by atoms with Gasteiger partial charge in [0.15, 0.2) is 0 Å². The number of fused-ring (bicyclic) bond motifs is 3. The van der Waals surface area contributed by atoms with Crippen LogP contribution in [0.5, 0.6) is 0 Å². The van der Waals surface area contributed by atoms with Gasteiger partial charge >= 0.3 is 0 Å². The molecule has 0 N–H and O–H groups in total. The Balaban J connectivity index is 0.000000163. The van der Waals surface area contributed by atoms with Crippen LogP contribution in [0.3, 0.4) is 0 Å². The first-order valence-electron chi connectivity index (χ1n) is 11.3. The Bertz CT molecular complexity index is 1710. The minimum atomic E-state index is -0.899. The summed E-state index contributed by atoms with van der Waals surface area (Å²) in [7, 11) is 0. The third-order valence-electron chi connectivity index (χ3n) is 5.99. The monoisotopic (exact) mass is 662 g/mol. The quantitative estimate of drug-likeness (QED) is 0.142. The van der Waals surface area contributed by atoms with Gasteiger partial charge in [0.2, 0.25) is 0 Å². The molecule has 0 atom stereocenters. The van der Waals surface area contributed by atoms with E-state index in [1.807, 2.05) is 18.2 Å². The van der Waals surface area contributed by atoms with Gasteiger partial charge in [-0.25, -0.2) is 8.78 Å². The number of hydrogen-bond donors (Lipinski definition) is 0. The molecule has 3 aromatic carbocycles. The molecule has 1 aliphatic rings. The molecule has 6 heteroatoms. The Morgan fingerprint density at radius 1 is 0.649 bits per heavy atom. The van der Waals surface area contributed by atoms with Gasteiger partial charge in [0.25, 0.3) is 0 Å². The Morgan fingerprint density at radius 3 is 2.14 bits per heavy atom. The number of benzene rings is 3. The molecule has 3 aromatic heterocycles. The molecule has 1 radical (unpaired) electrons. The van der Waals surface area contributed by atoms with Crippen LogP contribution in [-0.4, -0.2) is 15.0 Å².